The Hall–Kier alpha value is -3.78. The van der Waals surface area contributed by atoms with Crippen LogP contribution in [-0.2, 0) is 16.0 Å². The van der Waals surface area contributed by atoms with Crippen molar-refractivity contribution >= 4 is 39.0 Å². The number of carbonyl (C=O) groups is 2. The largest absolute Gasteiger partial charge is 0.461 e. The average molecular weight is 462 g/mol. The lowest BCUT2D eigenvalue weighted by Crippen LogP contribution is -2.26. The number of rotatable bonds is 6. The van der Waals surface area contributed by atoms with Crippen molar-refractivity contribution in [3.05, 3.63) is 86.6 Å². The van der Waals surface area contributed by atoms with Crippen LogP contribution in [0.5, 0.6) is 0 Å². The molecule has 7 nitrogen and oxygen atoms in total. The molecule has 4 rings (SSSR count). The standard InChI is InChI=1S/C25H23N3O4S/c1-4-32-25(31)22-19-14-33-23(26-20(29)13-17-8-6-5-7-9-17)21(19)24(30)28(27-22)18-11-10-15(2)16(3)12-18/h5-12,14H,4,13H2,1-3H3,(H,26,29). The number of esters is 1. The van der Waals surface area contributed by atoms with Crippen molar-refractivity contribution in [1.29, 1.82) is 0 Å². The first kappa shape index (κ1) is 22.4. The van der Waals surface area contributed by atoms with Gasteiger partial charge >= 0.3 is 5.97 Å². The zero-order chi connectivity index (χ0) is 23.5. The SMILES string of the molecule is CCOC(=O)c1nn(-c2ccc(C)c(C)c2)c(=O)c2c(NC(=O)Cc3ccccc3)scc12. The van der Waals surface area contributed by atoms with Gasteiger partial charge in [0.05, 0.1) is 24.1 Å². The first-order valence-corrected chi connectivity index (χ1v) is 11.4. The molecule has 0 aliphatic carbocycles. The summed E-state index contributed by atoms with van der Waals surface area (Å²) in [5, 5.41) is 9.80. The maximum atomic E-state index is 13.5. The smallest absolute Gasteiger partial charge is 0.359 e. The zero-order valence-corrected chi connectivity index (χ0v) is 19.4. The fourth-order valence-electron chi connectivity index (χ4n) is 3.48. The number of hydrogen-bond acceptors (Lipinski definition) is 6. The van der Waals surface area contributed by atoms with Crippen LogP contribution in [0.4, 0.5) is 5.00 Å². The lowest BCUT2D eigenvalue weighted by molar-refractivity contribution is -0.115. The van der Waals surface area contributed by atoms with Crippen LogP contribution in [0.1, 0.15) is 34.1 Å². The molecule has 2 aromatic carbocycles. The highest BCUT2D eigenvalue weighted by Gasteiger charge is 2.23. The van der Waals surface area contributed by atoms with E-state index in [4.69, 9.17) is 4.74 Å². The molecule has 0 aliphatic rings. The predicted molar refractivity (Wildman–Crippen MR) is 129 cm³/mol. The molecule has 2 heterocycles. The number of fused-ring (bicyclic) bond motifs is 1. The van der Waals surface area contributed by atoms with Crippen LogP contribution in [0.3, 0.4) is 0 Å². The summed E-state index contributed by atoms with van der Waals surface area (Å²) in [5.41, 5.74) is 3.06. The summed E-state index contributed by atoms with van der Waals surface area (Å²) in [4.78, 5) is 38.8. The molecule has 2 aromatic heterocycles. The highest BCUT2D eigenvalue weighted by Crippen LogP contribution is 2.31. The molecular weight excluding hydrogens is 438 g/mol. The highest BCUT2D eigenvalue weighted by atomic mass is 32.1. The minimum absolute atomic E-state index is 0.0319. The van der Waals surface area contributed by atoms with Gasteiger partial charge in [0.25, 0.3) is 5.56 Å². The topological polar surface area (TPSA) is 90.3 Å². The molecule has 0 saturated carbocycles. The van der Waals surface area contributed by atoms with Crippen LogP contribution in [0.2, 0.25) is 0 Å². The molecule has 0 atom stereocenters. The predicted octanol–water partition coefficient (Wildman–Crippen LogP) is 4.42. The molecule has 0 radical (unpaired) electrons. The molecule has 168 valence electrons. The molecule has 1 amide bonds. The van der Waals surface area contributed by atoms with E-state index in [-0.39, 0.29) is 30.0 Å². The summed E-state index contributed by atoms with van der Waals surface area (Å²) < 4.78 is 6.37. The van der Waals surface area contributed by atoms with Gasteiger partial charge in [0, 0.05) is 10.8 Å². The van der Waals surface area contributed by atoms with Crippen LogP contribution in [-0.4, -0.2) is 28.3 Å². The van der Waals surface area contributed by atoms with Gasteiger partial charge in [-0.1, -0.05) is 36.4 Å². The molecule has 0 unspecified atom stereocenters. The van der Waals surface area contributed by atoms with Crippen molar-refractivity contribution in [3.8, 4) is 5.69 Å². The Bertz CT molecular complexity index is 1410. The van der Waals surface area contributed by atoms with Crippen molar-refractivity contribution in [1.82, 2.24) is 9.78 Å². The van der Waals surface area contributed by atoms with E-state index in [1.54, 1.807) is 18.4 Å². The number of amides is 1. The number of benzene rings is 2. The third-order valence-corrected chi connectivity index (χ3v) is 6.21. The number of hydrogen-bond donors (Lipinski definition) is 1. The number of aryl methyl sites for hydroxylation is 2. The summed E-state index contributed by atoms with van der Waals surface area (Å²) in [6.07, 6.45) is 0.168. The Morgan fingerprint density at radius 3 is 2.55 bits per heavy atom. The number of thiophene rings is 1. The number of nitrogens with one attached hydrogen (secondary N) is 1. The Morgan fingerprint density at radius 1 is 1.09 bits per heavy atom. The average Bonchev–Trinajstić information content (AvgIpc) is 3.21. The summed E-state index contributed by atoms with van der Waals surface area (Å²) in [7, 11) is 0. The summed E-state index contributed by atoms with van der Waals surface area (Å²) >= 11 is 1.18. The third-order valence-electron chi connectivity index (χ3n) is 5.32. The monoisotopic (exact) mass is 461 g/mol. The maximum Gasteiger partial charge on any atom is 0.359 e. The van der Waals surface area contributed by atoms with Gasteiger partial charge in [0.1, 0.15) is 5.00 Å². The molecule has 0 saturated heterocycles. The Balaban J connectivity index is 1.83. The van der Waals surface area contributed by atoms with E-state index in [1.807, 2.05) is 56.3 Å². The Labute approximate surface area is 194 Å². The molecule has 0 spiro atoms. The quantitative estimate of drug-likeness (QED) is 0.429. The van der Waals surface area contributed by atoms with Crippen molar-refractivity contribution in [2.45, 2.75) is 27.2 Å². The summed E-state index contributed by atoms with van der Waals surface area (Å²) in [6.45, 7) is 5.79. The van der Waals surface area contributed by atoms with Crippen molar-refractivity contribution in [2.24, 2.45) is 0 Å². The van der Waals surface area contributed by atoms with Crippen LogP contribution < -0.4 is 10.9 Å². The summed E-state index contributed by atoms with van der Waals surface area (Å²) in [6, 6.07) is 14.8. The van der Waals surface area contributed by atoms with E-state index in [0.717, 1.165) is 16.7 Å². The molecule has 0 fully saturated rings. The molecule has 0 bridgehead atoms. The van der Waals surface area contributed by atoms with Crippen LogP contribution in [0.15, 0.2) is 58.7 Å². The van der Waals surface area contributed by atoms with Crippen molar-refractivity contribution in [2.75, 3.05) is 11.9 Å². The molecular formula is C25H23N3O4S. The first-order chi connectivity index (χ1) is 15.9. The summed E-state index contributed by atoms with van der Waals surface area (Å²) in [5.74, 6) is -0.878. The van der Waals surface area contributed by atoms with Gasteiger partial charge in [0.2, 0.25) is 5.91 Å². The van der Waals surface area contributed by atoms with Crippen LogP contribution >= 0.6 is 11.3 Å². The van der Waals surface area contributed by atoms with E-state index in [9.17, 15) is 14.4 Å². The van der Waals surface area contributed by atoms with Crippen molar-refractivity contribution < 1.29 is 14.3 Å². The number of aromatic nitrogens is 2. The number of carbonyl (C=O) groups excluding carboxylic acids is 2. The molecule has 8 heteroatoms. The second-order valence-electron chi connectivity index (χ2n) is 7.62. The molecule has 4 aromatic rings. The molecule has 1 N–H and O–H groups in total. The van der Waals surface area contributed by atoms with Gasteiger partial charge in [0.15, 0.2) is 5.69 Å². The fraction of sp³-hybridized carbons (Fsp3) is 0.200. The normalized spacial score (nSPS) is 10.9. The maximum absolute atomic E-state index is 13.5. The molecule has 0 aliphatic heterocycles. The van der Waals surface area contributed by atoms with Gasteiger partial charge in [-0.25, -0.2) is 4.79 Å². The van der Waals surface area contributed by atoms with Crippen molar-refractivity contribution in [3.63, 3.8) is 0 Å². The highest BCUT2D eigenvalue weighted by molar-refractivity contribution is 7.16. The fourth-order valence-corrected chi connectivity index (χ4v) is 4.43. The minimum atomic E-state index is -0.625. The second kappa shape index (κ2) is 9.38. The van der Waals surface area contributed by atoms with E-state index in [1.165, 1.54) is 16.0 Å². The van der Waals surface area contributed by atoms with E-state index >= 15 is 0 Å². The van der Waals surface area contributed by atoms with Gasteiger partial charge in [-0.3, -0.25) is 9.59 Å². The Morgan fingerprint density at radius 2 is 1.85 bits per heavy atom. The second-order valence-corrected chi connectivity index (χ2v) is 8.50. The number of anilines is 1. The zero-order valence-electron chi connectivity index (χ0n) is 18.5. The van der Waals surface area contributed by atoms with Gasteiger partial charge in [-0.05, 0) is 49.6 Å². The lowest BCUT2D eigenvalue weighted by atomic mass is 10.1. The van der Waals surface area contributed by atoms with E-state index in [2.05, 4.69) is 10.4 Å². The van der Waals surface area contributed by atoms with Gasteiger partial charge < -0.3 is 10.1 Å². The van der Waals surface area contributed by atoms with Crippen LogP contribution in [0.25, 0.3) is 16.5 Å². The number of nitrogens with zero attached hydrogens (tertiary/aromatic N) is 2. The molecule has 33 heavy (non-hydrogen) atoms. The van der Waals surface area contributed by atoms with Crippen LogP contribution in [0, 0.1) is 13.8 Å². The minimum Gasteiger partial charge on any atom is -0.461 e. The Kier molecular flexibility index (Phi) is 6.37. The first-order valence-electron chi connectivity index (χ1n) is 10.5. The van der Waals surface area contributed by atoms with E-state index in [0.29, 0.717) is 16.1 Å². The third kappa shape index (κ3) is 4.56. The van der Waals surface area contributed by atoms with Gasteiger partial charge in [-0.15, -0.1) is 11.3 Å². The lowest BCUT2D eigenvalue weighted by Gasteiger charge is -2.11. The number of ether oxygens (including phenoxy) is 1. The van der Waals surface area contributed by atoms with Gasteiger partial charge in [-0.2, -0.15) is 9.78 Å². The van der Waals surface area contributed by atoms with E-state index < -0.39 is 11.5 Å².